The summed E-state index contributed by atoms with van der Waals surface area (Å²) in [6, 6.07) is 8.95. The highest BCUT2D eigenvalue weighted by Gasteiger charge is 2.30. The number of nitrogens with one attached hydrogen (secondary N) is 1. The highest BCUT2D eigenvalue weighted by molar-refractivity contribution is 5.52. The number of benzene rings is 1. The second-order valence-electron chi connectivity index (χ2n) is 7.20. The van der Waals surface area contributed by atoms with Gasteiger partial charge in [-0.1, -0.05) is 11.8 Å². The van der Waals surface area contributed by atoms with Gasteiger partial charge < -0.3 is 19.5 Å². The minimum absolute atomic E-state index is 0.0138. The second kappa shape index (κ2) is 11.3. The van der Waals surface area contributed by atoms with Gasteiger partial charge in [-0.15, -0.1) is 0 Å². The lowest BCUT2D eigenvalue weighted by molar-refractivity contribution is -0.137. The Bertz CT molecular complexity index is 1140. The molecule has 0 spiro atoms. The van der Waals surface area contributed by atoms with Crippen molar-refractivity contribution in [2.24, 2.45) is 0 Å². The number of alkyl halides is 3. The molecule has 2 heterocycles. The summed E-state index contributed by atoms with van der Waals surface area (Å²) in [5.74, 6) is 7.78. The van der Waals surface area contributed by atoms with Crippen LogP contribution in [0.3, 0.4) is 0 Å². The maximum absolute atomic E-state index is 12.6. The lowest BCUT2D eigenvalue weighted by Gasteiger charge is -2.16. The van der Waals surface area contributed by atoms with E-state index in [1.165, 1.54) is 12.4 Å². The maximum atomic E-state index is 12.6. The number of hydrogen-bond donors (Lipinski definition) is 1. The number of anilines is 1. The molecule has 0 aliphatic rings. The minimum atomic E-state index is -4.44. The summed E-state index contributed by atoms with van der Waals surface area (Å²) in [6.07, 6.45) is -1.71. The molecular weight excluding hydrogens is 449 g/mol. The Balaban J connectivity index is 1.56. The van der Waals surface area contributed by atoms with E-state index in [0.717, 1.165) is 17.8 Å². The topological polar surface area (TPSA) is 78.4 Å². The van der Waals surface area contributed by atoms with E-state index in [4.69, 9.17) is 14.2 Å². The van der Waals surface area contributed by atoms with E-state index in [-0.39, 0.29) is 11.9 Å². The van der Waals surface area contributed by atoms with Gasteiger partial charge in [-0.05, 0) is 37.3 Å². The van der Waals surface area contributed by atoms with Crippen LogP contribution in [0.25, 0.3) is 0 Å². The summed E-state index contributed by atoms with van der Waals surface area (Å²) in [4.78, 5) is 12.1. The van der Waals surface area contributed by atoms with Crippen LogP contribution in [0.15, 0.2) is 48.9 Å². The molecule has 0 radical (unpaired) electrons. The van der Waals surface area contributed by atoms with Crippen LogP contribution in [0.1, 0.15) is 30.2 Å². The number of aromatic nitrogens is 3. The molecule has 178 valence electrons. The minimum Gasteiger partial charge on any atom is -0.491 e. The molecule has 1 atom stereocenters. The van der Waals surface area contributed by atoms with Gasteiger partial charge >= 0.3 is 6.18 Å². The fraction of sp³-hybridized carbons (Fsp3) is 0.292. The Morgan fingerprint density at radius 3 is 2.41 bits per heavy atom. The summed E-state index contributed by atoms with van der Waals surface area (Å²) in [6.45, 7) is 2.28. The molecule has 0 fully saturated rings. The number of rotatable bonds is 8. The quantitative estimate of drug-likeness (QED) is 0.458. The van der Waals surface area contributed by atoms with Crippen molar-refractivity contribution in [3.63, 3.8) is 0 Å². The summed E-state index contributed by atoms with van der Waals surface area (Å²) >= 11 is 0. The van der Waals surface area contributed by atoms with Crippen molar-refractivity contribution in [3.05, 3.63) is 65.7 Å². The van der Waals surface area contributed by atoms with Crippen LogP contribution in [-0.2, 0) is 17.5 Å². The Kier molecular flexibility index (Phi) is 8.27. The SMILES string of the molecule is COCc1ncnc(NC(C)CC#Cc2ccc(Oc3ccc(C(F)(F)F)cn3)cc2)c1OC. The van der Waals surface area contributed by atoms with Gasteiger partial charge in [0.1, 0.15) is 17.8 Å². The molecule has 0 aliphatic carbocycles. The van der Waals surface area contributed by atoms with E-state index in [1.807, 2.05) is 6.92 Å². The van der Waals surface area contributed by atoms with Crippen LogP contribution in [-0.4, -0.2) is 35.2 Å². The first kappa shape index (κ1) is 24.8. The average molecular weight is 472 g/mol. The van der Waals surface area contributed by atoms with Crippen LogP contribution in [0.2, 0.25) is 0 Å². The number of hydrogen-bond acceptors (Lipinski definition) is 7. The van der Waals surface area contributed by atoms with Crippen molar-refractivity contribution in [2.45, 2.75) is 32.2 Å². The van der Waals surface area contributed by atoms with E-state index in [0.29, 0.717) is 36.0 Å². The van der Waals surface area contributed by atoms with Crippen LogP contribution >= 0.6 is 0 Å². The summed E-state index contributed by atoms with van der Waals surface area (Å²) in [5, 5.41) is 3.26. The van der Waals surface area contributed by atoms with Crippen molar-refractivity contribution in [1.82, 2.24) is 15.0 Å². The zero-order chi connectivity index (χ0) is 24.6. The molecule has 0 aliphatic heterocycles. The standard InChI is InChI=1S/C24H23F3N4O3/c1-16(31-23-22(33-3)20(14-32-2)29-15-30-23)5-4-6-17-7-10-19(11-8-17)34-21-12-9-18(13-28-21)24(25,26)27/h7-13,15-16H,5,14H2,1-3H3,(H,29,30,31). The van der Waals surface area contributed by atoms with Gasteiger partial charge in [0.15, 0.2) is 11.6 Å². The Morgan fingerprint density at radius 1 is 1.03 bits per heavy atom. The van der Waals surface area contributed by atoms with Crippen LogP contribution in [0, 0.1) is 11.8 Å². The first-order valence-corrected chi connectivity index (χ1v) is 10.2. The van der Waals surface area contributed by atoms with Crippen molar-refractivity contribution in [3.8, 4) is 29.2 Å². The zero-order valence-corrected chi connectivity index (χ0v) is 18.8. The molecule has 1 N–H and O–H groups in total. The summed E-state index contributed by atoms with van der Waals surface area (Å²) in [5.41, 5.74) is 0.583. The zero-order valence-electron chi connectivity index (χ0n) is 18.8. The van der Waals surface area contributed by atoms with Gasteiger partial charge in [-0.2, -0.15) is 13.2 Å². The van der Waals surface area contributed by atoms with Gasteiger partial charge in [-0.3, -0.25) is 0 Å². The predicted molar refractivity (Wildman–Crippen MR) is 120 cm³/mol. The molecule has 3 rings (SSSR count). The molecule has 2 aromatic heterocycles. The highest BCUT2D eigenvalue weighted by atomic mass is 19.4. The lowest BCUT2D eigenvalue weighted by Crippen LogP contribution is -2.17. The molecule has 1 unspecified atom stereocenters. The first-order chi connectivity index (χ1) is 16.3. The number of methoxy groups -OCH3 is 2. The normalized spacial score (nSPS) is 11.8. The molecule has 0 saturated heterocycles. The number of halogens is 3. The third kappa shape index (κ3) is 6.83. The highest BCUT2D eigenvalue weighted by Crippen LogP contribution is 2.30. The molecule has 34 heavy (non-hydrogen) atoms. The van der Waals surface area contributed by atoms with Gasteiger partial charge in [0.2, 0.25) is 5.88 Å². The van der Waals surface area contributed by atoms with Gasteiger partial charge in [0.05, 0.1) is 19.3 Å². The fourth-order valence-electron chi connectivity index (χ4n) is 2.89. The van der Waals surface area contributed by atoms with Crippen molar-refractivity contribution < 1.29 is 27.4 Å². The van der Waals surface area contributed by atoms with Gasteiger partial charge in [0, 0.05) is 37.4 Å². The maximum Gasteiger partial charge on any atom is 0.417 e. The molecule has 10 heteroatoms. The number of nitrogens with zero attached hydrogens (tertiary/aromatic N) is 3. The number of pyridine rings is 1. The molecule has 0 bridgehead atoms. The third-order valence-electron chi connectivity index (χ3n) is 4.53. The van der Waals surface area contributed by atoms with Crippen molar-refractivity contribution >= 4 is 5.82 Å². The largest absolute Gasteiger partial charge is 0.491 e. The lowest BCUT2D eigenvalue weighted by atomic mass is 10.2. The number of ether oxygens (including phenoxy) is 3. The van der Waals surface area contributed by atoms with Crippen molar-refractivity contribution in [2.75, 3.05) is 19.5 Å². The van der Waals surface area contributed by atoms with E-state index < -0.39 is 11.7 Å². The average Bonchev–Trinajstić information content (AvgIpc) is 2.80. The van der Waals surface area contributed by atoms with Crippen LogP contribution in [0.4, 0.5) is 19.0 Å². The smallest absolute Gasteiger partial charge is 0.417 e. The molecular formula is C24H23F3N4O3. The Hall–Kier alpha value is -3.84. The van der Waals surface area contributed by atoms with E-state index in [9.17, 15) is 13.2 Å². The molecule has 1 aromatic carbocycles. The van der Waals surface area contributed by atoms with Gasteiger partial charge in [0.25, 0.3) is 0 Å². The molecule has 3 aromatic rings. The molecule has 0 saturated carbocycles. The predicted octanol–water partition coefficient (Wildman–Crippen LogP) is 5.08. The van der Waals surface area contributed by atoms with E-state index in [2.05, 4.69) is 32.1 Å². The second-order valence-corrected chi connectivity index (χ2v) is 7.20. The monoisotopic (exact) mass is 472 g/mol. The third-order valence-corrected chi connectivity index (χ3v) is 4.53. The van der Waals surface area contributed by atoms with Crippen molar-refractivity contribution in [1.29, 1.82) is 0 Å². The van der Waals surface area contributed by atoms with Crippen LogP contribution < -0.4 is 14.8 Å². The Labute approximate surface area is 195 Å². The van der Waals surface area contributed by atoms with E-state index >= 15 is 0 Å². The van der Waals surface area contributed by atoms with Crippen LogP contribution in [0.5, 0.6) is 17.4 Å². The fourth-order valence-corrected chi connectivity index (χ4v) is 2.89. The van der Waals surface area contributed by atoms with Gasteiger partial charge in [-0.25, -0.2) is 15.0 Å². The Morgan fingerprint density at radius 2 is 1.79 bits per heavy atom. The summed E-state index contributed by atoms with van der Waals surface area (Å²) in [7, 11) is 3.13. The first-order valence-electron chi connectivity index (χ1n) is 10.2. The molecule has 7 nitrogen and oxygen atoms in total. The molecule has 0 amide bonds. The van der Waals surface area contributed by atoms with E-state index in [1.54, 1.807) is 38.5 Å². The summed E-state index contributed by atoms with van der Waals surface area (Å²) < 4.78 is 53.9.